The molecule has 0 aromatic heterocycles. The molecule has 33 heavy (non-hydrogen) atoms. The SMILES string of the molecule is NC(=O)C12CC3CC(C1)C(NC(=O)C1(N(c4ccccc4F)S(=O)[O-])CCCCC1)C(C3)C2. The van der Waals surface area contributed by atoms with Crippen LogP contribution in [0.15, 0.2) is 24.3 Å². The van der Waals surface area contributed by atoms with Gasteiger partial charge in [-0.3, -0.25) is 18.1 Å². The number of hydrogen-bond donors (Lipinski definition) is 2. The Morgan fingerprint density at radius 3 is 2.30 bits per heavy atom. The highest BCUT2D eigenvalue weighted by atomic mass is 32.2. The number of amides is 2. The first kappa shape index (κ1) is 22.8. The molecule has 6 rings (SSSR count). The van der Waals surface area contributed by atoms with Crippen LogP contribution < -0.4 is 15.4 Å². The Morgan fingerprint density at radius 1 is 1.09 bits per heavy atom. The molecular weight excluding hydrogens is 445 g/mol. The van der Waals surface area contributed by atoms with E-state index in [1.165, 1.54) is 18.2 Å². The maximum Gasteiger partial charge on any atom is 0.247 e. The highest BCUT2D eigenvalue weighted by Crippen LogP contribution is 2.60. The summed E-state index contributed by atoms with van der Waals surface area (Å²) < 4.78 is 40.6. The molecule has 1 aromatic rings. The molecule has 1 aromatic carbocycles. The van der Waals surface area contributed by atoms with Crippen molar-refractivity contribution in [2.24, 2.45) is 28.9 Å². The number of benzene rings is 1. The minimum atomic E-state index is -2.82. The van der Waals surface area contributed by atoms with E-state index in [-0.39, 0.29) is 35.4 Å². The van der Waals surface area contributed by atoms with Crippen LogP contribution in [0, 0.1) is 29.0 Å². The first-order chi connectivity index (χ1) is 15.8. The van der Waals surface area contributed by atoms with Crippen LogP contribution in [0.1, 0.15) is 64.2 Å². The molecule has 3 atom stereocenters. The fourth-order valence-corrected chi connectivity index (χ4v) is 8.44. The second-order valence-corrected chi connectivity index (χ2v) is 11.5. The zero-order valence-corrected chi connectivity index (χ0v) is 19.5. The van der Waals surface area contributed by atoms with Gasteiger partial charge in [0.15, 0.2) is 0 Å². The maximum atomic E-state index is 14.7. The molecule has 2 amide bonds. The molecule has 5 aliphatic rings. The molecule has 3 unspecified atom stereocenters. The zero-order chi connectivity index (χ0) is 23.4. The van der Waals surface area contributed by atoms with Gasteiger partial charge in [-0.25, -0.2) is 4.39 Å². The quantitative estimate of drug-likeness (QED) is 0.614. The molecule has 0 spiro atoms. The summed E-state index contributed by atoms with van der Waals surface area (Å²) in [6.07, 6.45) is 7.09. The van der Waals surface area contributed by atoms with Crippen molar-refractivity contribution in [3.63, 3.8) is 0 Å². The van der Waals surface area contributed by atoms with E-state index in [9.17, 15) is 22.7 Å². The summed E-state index contributed by atoms with van der Waals surface area (Å²) in [4.78, 5) is 26.2. The summed E-state index contributed by atoms with van der Waals surface area (Å²) >= 11 is -2.82. The number of nitrogens with two attached hydrogens (primary N) is 1. The standard InChI is InChI=1S/C24H32FN3O4S/c25-18-6-2-3-7-19(18)28(33(31)32)24(8-4-1-5-9-24)22(30)27-20-16-10-15-11-17(20)14-23(12-15,13-16)21(26)29/h2-3,6-7,15-17,20H,1,4-5,8-14H2,(H2,26,29)(H,27,30)(H,31,32)/p-1. The average Bonchev–Trinajstić information content (AvgIpc) is 2.77. The monoisotopic (exact) mass is 476 g/mol. The van der Waals surface area contributed by atoms with Gasteiger partial charge in [-0.1, -0.05) is 31.4 Å². The van der Waals surface area contributed by atoms with E-state index in [1.807, 2.05) is 0 Å². The number of rotatable bonds is 6. The normalized spacial score (nSPS) is 35.1. The van der Waals surface area contributed by atoms with Crippen LogP contribution in [0.3, 0.4) is 0 Å². The topological polar surface area (TPSA) is 116 Å². The number of carbonyl (C=O) groups is 2. The molecular formula is C24H31FN3O4S-. The third-order valence-corrected chi connectivity index (χ3v) is 9.65. The van der Waals surface area contributed by atoms with Gasteiger partial charge in [0.2, 0.25) is 11.8 Å². The Kier molecular flexibility index (Phi) is 5.76. The smallest absolute Gasteiger partial charge is 0.247 e. The van der Waals surface area contributed by atoms with Crippen LogP contribution in [-0.2, 0) is 20.9 Å². The first-order valence-corrected chi connectivity index (χ1v) is 13.0. The van der Waals surface area contributed by atoms with E-state index in [4.69, 9.17) is 5.73 Å². The predicted molar refractivity (Wildman–Crippen MR) is 121 cm³/mol. The summed E-state index contributed by atoms with van der Waals surface area (Å²) in [5, 5.41) is 3.22. The van der Waals surface area contributed by atoms with Gasteiger partial charge in [-0.05, 0) is 74.8 Å². The summed E-state index contributed by atoms with van der Waals surface area (Å²) in [6.45, 7) is 0. The van der Waals surface area contributed by atoms with E-state index < -0.39 is 28.0 Å². The van der Waals surface area contributed by atoms with Gasteiger partial charge in [-0.2, -0.15) is 0 Å². The van der Waals surface area contributed by atoms with Crippen LogP contribution in [-0.4, -0.2) is 32.2 Å². The fourth-order valence-electron chi connectivity index (χ4n) is 7.58. The van der Waals surface area contributed by atoms with Crippen LogP contribution in [0.2, 0.25) is 0 Å². The molecule has 0 aliphatic heterocycles. The number of nitrogens with one attached hydrogen (secondary N) is 1. The maximum absolute atomic E-state index is 14.7. The van der Waals surface area contributed by atoms with Gasteiger partial charge < -0.3 is 15.6 Å². The summed E-state index contributed by atoms with van der Waals surface area (Å²) in [7, 11) is 0. The Balaban J connectivity index is 1.46. The minimum absolute atomic E-state index is 0.0966. The van der Waals surface area contributed by atoms with E-state index in [1.54, 1.807) is 6.07 Å². The lowest BCUT2D eigenvalue weighted by atomic mass is 9.47. The molecule has 4 bridgehead atoms. The number of carbonyl (C=O) groups excluding carboxylic acids is 2. The van der Waals surface area contributed by atoms with Gasteiger partial charge in [0.05, 0.1) is 5.69 Å². The Hall–Kier alpha value is -2.00. The molecule has 3 N–H and O–H groups in total. The van der Waals surface area contributed by atoms with Crippen molar-refractivity contribution in [3.8, 4) is 0 Å². The van der Waals surface area contributed by atoms with Crippen molar-refractivity contribution in [1.29, 1.82) is 0 Å². The van der Waals surface area contributed by atoms with E-state index in [0.717, 1.165) is 30.0 Å². The lowest BCUT2D eigenvalue weighted by molar-refractivity contribution is -0.148. The minimum Gasteiger partial charge on any atom is -0.755 e. The Morgan fingerprint density at radius 2 is 1.73 bits per heavy atom. The molecule has 5 fully saturated rings. The number of hydrogen-bond acceptors (Lipinski definition) is 4. The molecule has 7 nitrogen and oxygen atoms in total. The van der Waals surface area contributed by atoms with Crippen molar-refractivity contribution in [3.05, 3.63) is 30.1 Å². The van der Waals surface area contributed by atoms with Gasteiger partial charge in [0, 0.05) is 22.7 Å². The van der Waals surface area contributed by atoms with Crippen molar-refractivity contribution in [2.75, 3.05) is 4.31 Å². The molecule has 9 heteroatoms. The van der Waals surface area contributed by atoms with Crippen LogP contribution in [0.4, 0.5) is 10.1 Å². The Bertz CT molecular complexity index is 966. The number of anilines is 1. The third-order valence-electron chi connectivity index (χ3n) is 8.81. The molecule has 0 heterocycles. The zero-order valence-electron chi connectivity index (χ0n) is 18.6. The van der Waals surface area contributed by atoms with Crippen LogP contribution in [0.25, 0.3) is 0 Å². The number of para-hydroxylation sites is 1. The largest absolute Gasteiger partial charge is 0.755 e. The summed E-state index contributed by atoms with van der Waals surface area (Å²) in [6, 6.07) is 5.59. The second kappa shape index (κ2) is 8.34. The fraction of sp³-hybridized carbons (Fsp3) is 0.667. The molecule has 0 saturated heterocycles. The molecule has 180 valence electrons. The van der Waals surface area contributed by atoms with Crippen molar-refractivity contribution in [1.82, 2.24) is 5.32 Å². The van der Waals surface area contributed by atoms with Gasteiger partial charge >= 0.3 is 0 Å². The van der Waals surface area contributed by atoms with Gasteiger partial charge in [-0.15, -0.1) is 0 Å². The average molecular weight is 477 g/mol. The lowest BCUT2D eigenvalue weighted by Gasteiger charge is -2.59. The molecule has 5 aliphatic carbocycles. The van der Waals surface area contributed by atoms with Crippen molar-refractivity contribution < 1.29 is 22.7 Å². The van der Waals surface area contributed by atoms with Crippen LogP contribution in [0.5, 0.6) is 0 Å². The summed E-state index contributed by atoms with van der Waals surface area (Å²) in [5.74, 6) is -0.475. The highest BCUT2D eigenvalue weighted by Gasteiger charge is 2.59. The molecule has 0 radical (unpaired) electrons. The van der Waals surface area contributed by atoms with Crippen LogP contribution >= 0.6 is 0 Å². The predicted octanol–water partition coefficient (Wildman–Crippen LogP) is 2.93. The third kappa shape index (κ3) is 3.67. The van der Waals surface area contributed by atoms with E-state index in [0.29, 0.717) is 44.4 Å². The number of primary amides is 1. The van der Waals surface area contributed by atoms with E-state index in [2.05, 4.69) is 5.32 Å². The molecule has 5 saturated carbocycles. The highest BCUT2D eigenvalue weighted by molar-refractivity contribution is 7.80. The Labute approximate surface area is 196 Å². The number of halogens is 1. The van der Waals surface area contributed by atoms with Crippen molar-refractivity contribution >= 4 is 28.8 Å². The van der Waals surface area contributed by atoms with E-state index >= 15 is 0 Å². The second-order valence-electron chi connectivity index (χ2n) is 10.7. The number of nitrogens with zero attached hydrogens (tertiary/aromatic N) is 1. The van der Waals surface area contributed by atoms with Gasteiger partial charge in [0.25, 0.3) is 0 Å². The lowest BCUT2D eigenvalue weighted by Crippen LogP contribution is -2.67. The first-order valence-electron chi connectivity index (χ1n) is 12.0. The van der Waals surface area contributed by atoms with Gasteiger partial charge in [0.1, 0.15) is 11.4 Å². The summed E-state index contributed by atoms with van der Waals surface area (Å²) in [5.41, 5.74) is 3.87. The van der Waals surface area contributed by atoms with Crippen molar-refractivity contribution in [2.45, 2.75) is 75.8 Å².